The molecule has 0 saturated heterocycles. The molecule has 2 N–H and O–H groups in total. The highest BCUT2D eigenvalue weighted by molar-refractivity contribution is 5.84. The minimum absolute atomic E-state index is 0.0895. The van der Waals surface area contributed by atoms with Crippen molar-refractivity contribution in [3.8, 4) is 0 Å². The summed E-state index contributed by atoms with van der Waals surface area (Å²) in [7, 11) is 0. The maximum atomic E-state index is 10.6. The van der Waals surface area contributed by atoms with Crippen LogP contribution in [0.1, 0.15) is 0 Å². The molecule has 0 fully saturated rings. The van der Waals surface area contributed by atoms with Gasteiger partial charge >= 0.3 is 0 Å². The Morgan fingerprint density at radius 3 is 2.47 bits per heavy atom. The van der Waals surface area contributed by atoms with E-state index in [0.29, 0.717) is 0 Å². The number of hydrogen-bond donors (Lipinski definition) is 2. The van der Waals surface area contributed by atoms with Gasteiger partial charge in [0.2, 0.25) is 0 Å². The van der Waals surface area contributed by atoms with Crippen LogP contribution in [0.3, 0.4) is 0 Å². The number of anilines is 2. The first-order chi connectivity index (χ1) is 9.22. The lowest BCUT2D eigenvalue weighted by molar-refractivity contribution is -0.384. The van der Waals surface area contributed by atoms with Crippen molar-refractivity contribution < 1.29 is 4.92 Å². The number of aromatic amines is 1. The molecule has 0 amide bonds. The number of nitrogens with one attached hydrogen (secondary N) is 2. The average Bonchev–Trinajstić information content (AvgIpc) is 2.87. The molecule has 0 aliphatic carbocycles. The molecule has 2 aromatic carbocycles. The van der Waals surface area contributed by atoms with E-state index in [1.807, 2.05) is 30.5 Å². The number of benzene rings is 2. The molecule has 0 aliphatic rings. The monoisotopic (exact) mass is 253 g/mol. The van der Waals surface area contributed by atoms with Crippen LogP contribution in [-0.4, -0.2) is 9.91 Å². The molecule has 0 radical (unpaired) electrons. The Labute approximate surface area is 109 Å². The molecule has 3 aromatic rings. The van der Waals surface area contributed by atoms with Crippen molar-refractivity contribution in [2.75, 3.05) is 5.32 Å². The highest BCUT2D eigenvalue weighted by atomic mass is 16.6. The highest BCUT2D eigenvalue weighted by Crippen LogP contribution is 2.23. The fourth-order valence-corrected chi connectivity index (χ4v) is 1.96. The summed E-state index contributed by atoms with van der Waals surface area (Å²) in [4.78, 5) is 13.3. The van der Waals surface area contributed by atoms with Crippen molar-refractivity contribution >= 4 is 28.0 Å². The van der Waals surface area contributed by atoms with Gasteiger partial charge in [-0.1, -0.05) is 0 Å². The third kappa shape index (κ3) is 2.26. The second-order valence-electron chi connectivity index (χ2n) is 4.21. The number of H-pyrrole nitrogens is 1. The first kappa shape index (κ1) is 11.3. The van der Waals surface area contributed by atoms with E-state index in [2.05, 4.69) is 10.3 Å². The second kappa shape index (κ2) is 4.45. The van der Waals surface area contributed by atoms with Gasteiger partial charge in [-0.2, -0.15) is 0 Å². The van der Waals surface area contributed by atoms with E-state index in [1.165, 1.54) is 12.1 Å². The van der Waals surface area contributed by atoms with Crippen molar-refractivity contribution in [2.45, 2.75) is 0 Å². The largest absolute Gasteiger partial charge is 0.361 e. The molecule has 19 heavy (non-hydrogen) atoms. The molecule has 5 nitrogen and oxygen atoms in total. The van der Waals surface area contributed by atoms with Crippen LogP contribution < -0.4 is 5.32 Å². The Hall–Kier alpha value is -2.82. The Kier molecular flexibility index (Phi) is 2.64. The summed E-state index contributed by atoms with van der Waals surface area (Å²) in [5.41, 5.74) is 2.93. The predicted molar refractivity (Wildman–Crippen MR) is 74.7 cm³/mol. The first-order valence-electron chi connectivity index (χ1n) is 5.81. The molecular formula is C14H11N3O2. The van der Waals surface area contributed by atoms with E-state index < -0.39 is 4.92 Å². The van der Waals surface area contributed by atoms with Crippen molar-refractivity contribution in [1.82, 2.24) is 4.98 Å². The van der Waals surface area contributed by atoms with Crippen molar-refractivity contribution in [3.63, 3.8) is 0 Å². The topological polar surface area (TPSA) is 71.0 Å². The zero-order valence-corrected chi connectivity index (χ0v) is 9.96. The van der Waals surface area contributed by atoms with Crippen molar-refractivity contribution in [3.05, 3.63) is 64.8 Å². The Morgan fingerprint density at radius 2 is 1.74 bits per heavy atom. The van der Waals surface area contributed by atoms with E-state index in [4.69, 9.17) is 0 Å². The molecule has 3 rings (SSSR count). The van der Waals surface area contributed by atoms with E-state index in [0.717, 1.165) is 22.3 Å². The van der Waals surface area contributed by atoms with Crippen molar-refractivity contribution in [1.29, 1.82) is 0 Å². The predicted octanol–water partition coefficient (Wildman–Crippen LogP) is 3.82. The van der Waals surface area contributed by atoms with Crippen LogP contribution in [0, 0.1) is 10.1 Å². The number of nitro benzene ring substituents is 1. The summed E-state index contributed by atoms with van der Waals surface area (Å²) < 4.78 is 0. The SMILES string of the molecule is O=[N+]([O-])c1ccc(Nc2ccc3[nH]ccc3c2)cc1. The molecule has 1 heterocycles. The Balaban J connectivity index is 1.85. The summed E-state index contributed by atoms with van der Waals surface area (Å²) in [5, 5.41) is 14.9. The average molecular weight is 253 g/mol. The molecule has 0 unspecified atom stereocenters. The summed E-state index contributed by atoms with van der Waals surface area (Å²) in [6, 6.07) is 14.3. The summed E-state index contributed by atoms with van der Waals surface area (Å²) in [6.07, 6.45) is 1.89. The third-order valence-corrected chi connectivity index (χ3v) is 2.92. The van der Waals surface area contributed by atoms with Crippen LogP contribution >= 0.6 is 0 Å². The first-order valence-corrected chi connectivity index (χ1v) is 5.81. The van der Waals surface area contributed by atoms with Gasteiger partial charge in [-0.25, -0.2) is 0 Å². The normalized spacial score (nSPS) is 10.5. The van der Waals surface area contributed by atoms with Gasteiger partial charge in [0.25, 0.3) is 5.69 Å². The van der Waals surface area contributed by atoms with E-state index >= 15 is 0 Å². The molecule has 0 spiro atoms. The van der Waals surface area contributed by atoms with Gasteiger partial charge in [0.05, 0.1) is 4.92 Å². The van der Waals surface area contributed by atoms with Gasteiger partial charge in [0.1, 0.15) is 0 Å². The molecule has 0 aliphatic heterocycles. The summed E-state index contributed by atoms with van der Waals surface area (Å²) in [5.74, 6) is 0. The lowest BCUT2D eigenvalue weighted by atomic mass is 10.2. The quantitative estimate of drug-likeness (QED) is 0.550. The van der Waals surface area contributed by atoms with Gasteiger partial charge in [-0.3, -0.25) is 10.1 Å². The molecule has 94 valence electrons. The minimum atomic E-state index is -0.407. The maximum Gasteiger partial charge on any atom is 0.269 e. The van der Waals surface area contributed by atoms with E-state index in [-0.39, 0.29) is 5.69 Å². The lowest BCUT2D eigenvalue weighted by Gasteiger charge is -2.06. The summed E-state index contributed by atoms with van der Waals surface area (Å²) >= 11 is 0. The number of rotatable bonds is 3. The highest BCUT2D eigenvalue weighted by Gasteiger charge is 2.04. The van der Waals surface area contributed by atoms with Crippen LogP contribution in [-0.2, 0) is 0 Å². The second-order valence-corrected chi connectivity index (χ2v) is 4.21. The summed E-state index contributed by atoms with van der Waals surface area (Å²) in [6.45, 7) is 0. The Morgan fingerprint density at radius 1 is 1.00 bits per heavy atom. The number of fused-ring (bicyclic) bond motifs is 1. The van der Waals surface area contributed by atoms with Crippen LogP contribution in [0.25, 0.3) is 10.9 Å². The molecule has 0 bridgehead atoms. The van der Waals surface area contributed by atoms with Gasteiger partial charge < -0.3 is 10.3 Å². The third-order valence-electron chi connectivity index (χ3n) is 2.92. The zero-order valence-electron chi connectivity index (χ0n) is 9.96. The van der Waals surface area contributed by atoms with Gasteiger partial charge in [-0.05, 0) is 36.4 Å². The van der Waals surface area contributed by atoms with Crippen LogP contribution in [0.15, 0.2) is 54.7 Å². The molecule has 5 heteroatoms. The zero-order chi connectivity index (χ0) is 13.2. The van der Waals surface area contributed by atoms with Gasteiger partial charge in [0, 0.05) is 40.6 Å². The fourth-order valence-electron chi connectivity index (χ4n) is 1.96. The Bertz CT molecular complexity index is 732. The number of hydrogen-bond acceptors (Lipinski definition) is 3. The maximum absolute atomic E-state index is 10.6. The van der Waals surface area contributed by atoms with Crippen LogP contribution in [0.4, 0.5) is 17.1 Å². The number of nitro groups is 1. The number of aromatic nitrogens is 1. The van der Waals surface area contributed by atoms with Crippen LogP contribution in [0.5, 0.6) is 0 Å². The molecule has 1 aromatic heterocycles. The standard InChI is InChI=1S/C14H11N3O2/c18-17(19)13-4-1-11(2-5-13)16-12-3-6-14-10(9-12)7-8-15-14/h1-9,15-16H. The number of non-ortho nitro benzene ring substituents is 1. The lowest BCUT2D eigenvalue weighted by Crippen LogP contribution is -1.91. The van der Waals surface area contributed by atoms with Gasteiger partial charge in [-0.15, -0.1) is 0 Å². The minimum Gasteiger partial charge on any atom is -0.361 e. The molecule has 0 atom stereocenters. The van der Waals surface area contributed by atoms with Crippen LogP contribution in [0.2, 0.25) is 0 Å². The van der Waals surface area contributed by atoms with Crippen molar-refractivity contribution in [2.24, 2.45) is 0 Å². The smallest absolute Gasteiger partial charge is 0.269 e. The molecular weight excluding hydrogens is 242 g/mol. The van der Waals surface area contributed by atoms with E-state index in [9.17, 15) is 10.1 Å². The molecule has 0 saturated carbocycles. The van der Waals surface area contributed by atoms with Gasteiger partial charge in [0.15, 0.2) is 0 Å². The van der Waals surface area contributed by atoms with E-state index in [1.54, 1.807) is 12.1 Å². The fraction of sp³-hybridized carbons (Fsp3) is 0. The number of nitrogens with zero attached hydrogens (tertiary/aromatic N) is 1.